The third-order valence-electron chi connectivity index (χ3n) is 2.98. The Balaban J connectivity index is 2.07. The predicted molar refractivity (Wildman–Crippen MR) is 83.1 cm³/mol. The van der Waals surface area contributed by atoms with Crippen LogP contribution in [0.25, 0.3) is 0 Å². The van der Waals surface area contributed by atoms with Gasteiger partial charge in [-0.05, 0) is 42.8 Å². The van der Waals surface area contributed by atoms with Gasteiger partial charge in [-0.1, -0.05) is 23.7 Å². The molecule has 0 aliphatic heterocycles. The average molecular weight is 308 g/mol. The molecule has 21 heavy (non-hydrogen) atoms. The average Bonchev–Trinajstić information content (AvgIpc) is 2.43. The van der Waals surface area contributed by atoms with E-state index < -0.39 is 11.8 Å². The number of urea groups is 1. The molecule has 2 amide bonds. The van der Waals surface area contributed by atoms with Gasteiger partial charge in [0.15, 0.2) is 0 Å². The second-order valence-electron chi connectivity index (χ2n) is 4.61. The van der Waals surface area contributed by atoms with Gasteiger partial charge in [-0.25, -0.2) is 9.18 Å². The van der Waals surface area contributed by atoms with Crippen LogP contribution in [0.5, 0.6) is 0 Å². The third-order valence-corrected chi connectivity index (χ3v) is 3.27. The molecule has 2 aromatic carbocycles. The van der Waals surface area contributed by atoms with Crippen LogP contribution in [0.4, 0.5) is 20.6 Å². The zero-order chi connectivity index (χ0) is 15.4. The Morgan fingerprint density at radius 3 is 2.38 bits per heavy atom. The number of hydrogen-bond donors (Lipinski definition) is 3. The summed E-state index contributed by atoms with van der Waals surface area (Å²) in [5, 5.41) is 5.79. The number of nitrogens with two attached hydrogens (primary N) is 1. The Kier molecular flexibility index (Phi) is 4.65. The van der Waals surface area contributed by atoms with Gasteiger partial charge in [0.25, 0.3) is 0 Å². The normalized spacial score (nSPS) is 11.8. The summed E-state index contributed by atoms with van der Waals surface area (Å²) in [5.41, 5.74) is 7.41. The summed E-state index contributed by atoms with van der Waals surface area (Å²) in [6, 6.07) is 11.1. The lowest BCUT2D eigenvalue weighted by Crippen LogP contribution is -2.19. The molecule has 0 heterocycles. The number of benzene rings is 2. The Labute approximate surface area is 127 Å². The summed E-state index contributed by atoms with van der Waals surface area (Å²) in [5.74, 6) is -0.447. The first kappa shape index (κ1) is 15.1. The molecule has 0 aliphatic rings. The first-order chi connectivity index (χ1) is 9.95. The van der Waals surface area contributed by atoms with Gasteiger partial charge in [-0.2, -0.15) is 0 Å². The molecule has 0 aliphatic carbocycles. The number of carbonyl (C=O) groups excluding carboxylic acids is 1. The minimum Gasteiger partial charge on any atom is -0.378 e. The van der Waals surface area contributed by atoms with Crippen LogP contribution in [0.15, 0.2) is 42.5 Å². The van der Waals surface area contributed by atoms with E-state index in [2.05, 4.69) is 10.6 Å². The Morgan fingerprint density at radius 1 is 1.19 bits per heavy atom. The molecule has 0 radical (unpaired) electrons. The zero-order valence-electron chi connectivity index (χ0n) is 11.4. The number of amides is 2. The number of anilines is 2. The molecule has 1 unspecified atom stereocenters. The molecule has 2 rings (SSSR count). The summed E-state index contributed by atoms with van der Waals surface area (Å²) < 4.78 is 13.1. The van der Waals surface area contributed by atoms with Gasteiger partial charge < -0.3 is 16.4 Å². The molecular formula is C15H15ClFN3O. The second-order valence-corrected chi connectivity index (χ2v) is 5.01. The fraction of sp³-hybridized carbons (Fsp3) is 0.133. The van der Waals surface area contributed by atoms with Crippen LogP contribution in [0, 0.1) is 5.82 Å². The van der Waals surface area contributed by atoms with Gasteiger partial charge >= 0.3 is 6.03 Å². The lowest BCUT2D eigenvalue weighted by atomic mass is 10.1. The first-order valence-corrected chi connectivity index (χ1v) is 6.71. The number of halogens is 2. The molecular weight excluding hydrogens is 293 g/mol. The SMILES string of the molecule is CC(Nc1ccc(F)c(Cl)c1)c1ccc(NC(N)=O)cc1. The maximum absolute atomic E-state index is 13.1. The van der Waals surface area contributed by atoms with Crippen molar-refractivity contribution in [3.63, 3.8) is 0 Å². The highest BCUT2D eigenvalue weighted by atomic mass is 35.5. The zero-order valence-corrected chi connectivity index (χ0v) is 12.1. The van der Waals surface area contributed by atoms with Gasteiger partial charge in [0.1, 0.15) is 5.82 Å². The minimum atomic E-state index is -0.602. The van der Waals surface area contributed by atoms with Crippen molar-refractivity contribution in [3.8, 4) is 0 Å². The molecule has 0 aromatic heterocycles. The van der Waals surface area contributed by atoms with Crippen LogP contribution >= 0.6 is 11.6 Å². The molecule has 0 spiro atoms. The highest BCUT2D eigenvalue weighted by Gasteiger charge is 2.07. The smallest absolute Gasteiger partial charge is 0.316 e. The van der Waals surface area contributed by atoms with E-state index in [1.807, 2.05) is 19.1 Å². The fourth-order valence-electron chi connectivity index (χ4n) is 1.92. The lowest BCUT2D eigenvalue weighted by molar-refractivity contribution is 0.259. The summed E-state index contributed by atoms with van der Waals surface area (Å²) in [6.07, 6.45) is 0. The monoisotopic (exact) mass is 307 g/mol. The summed E-state index contributed by atoms with van der Waals surface area (Å²) in [7, 11) is 0. The predicted octanol–water partition coefficient (Wildman–Crippen LogP) is 4.14. The van der Waals surface area contributed by atoms with Gasteiger partial charge in [-0.3, -0.25) is 0 Å². The number of nitrogens with one attached hydrogen (secondary N) is 2. The first-order valence-electron chi connectivity index (χ1n) is 6.33. The summed E-state index contributed by atoms with van der Waals surface area (Å²) in [4.78, 5) is 10.7. The maximum Gasteiger partial charge on any atom is 0.316 e. The maximum atomic E-state index is 13.1. The van der Waals surface area contributed by atoms with Crippen LogP contribution in [0.3, 0.4) is 0 Å². The number of primary amides is 1. The lowest BCUT2D eigenvalue weighted by Gasteiger charge is -2.16. The van der Waals surface area contributed by atoms with E-state index in [1.165, 1.54) is 12.1 Å². The molecule has 2 aromatic rings. The van der Waals surface area contributed by atoms with Crippen molar-refractivity contribution in [1.29, 1.82) is 0 Å². The van der Waals surface area contributed by atoms with E-state index in [1.54, 1.807) is 18.2 Å². The van der Waals surface area contributed by atoms with Gasteiger partial charge in [0, 0.05) is 17.4 Å². The van der Waals surface area contributed by atoms with E-state index in [-0.39, 0.29) is 11.1 Å². The van der Waals surface area contributed by atoms with E-state index >= 15 is 0 Å². The fourth-order valence-corrected chi connectivity index (χ4v) is 2.10. The Morgan fingerprint density at radius 2 is 1.81 bits per heavy atom. The van der Waals surface area contributed by atoms with Crippen LogP contribution in [-0.4, -0.2) is 6.03 Å². The van der Waals surface area contributed by atoms with Crippen molar-refractivity contribution in [2.45, 2.75) is 13.0 Å². The van der Waals surface area contributed by atoms with Crippen LogP contribution in [0.2, 0.25) is 5.02 Å². The second kappa shape index (κ2) is 6.45. The Bertz CT molecular complexity index is 646. The molecule has 0 bridgehead atoms. The number of carbonyl (C=O) groups is 1. The molecule has 4 N–H and O–H groups in total. The van der Waals surface area contributed by atoms with Gasteiger partial charge in [0.05, 0.1) is 5.02 Å². The topological polar surface area (TPSA) is 67.2 Å². The molecule has 0 fully saturated rings. The molecule has 4 nitrogen and oxygen atoms in total. The van der Waals surface area contributed by atoms with E-state index in [0.29, 0.717) is 5.69 Å². The molecule has 110 valence electrons. The van der Waals surface area contributed by atoms with Crippen molar-refractivity contribution >= 4 is 29.0 Å². The molecule has 6 heteroatoms. The van der Waals surface area contributed by atoms with Gasteiger partial charge in [0.2, 0.25) is 0 Å². The van der Waals surface area contributed by atoms with Gasteiger partial charge in [-0.15, -0.1) is 0 Å². The van der Waals surface area contributed by atoms with Crippen LogP contribution in [-0.2, 0) is 0 Å². The van der Waals surface area contributed by atoms with E-state index in [4.69, 9.17) is 17.3 Å². The number of rotatable bonds is 4. The van der Waals surface area contributed by atoms with Crippen molar-refractivity contribution in [2.75, 3.05) is 10.6 Å². The summed E-state index contributed by atoms with van der Waals surface area (Å²) >= 11 is 5.75. The van der Waals surface area contributed by atoms with Crippen molar-refractivity contribution in [2.24, 2.45) is 5.73 Å². The van der Waals surface area contributed by atoms with Crippen LogP contribution in [0.1, 0.15) is 18.5 Å². The quantitative estimate of drug-likeness (QED) is 0.794. The summed E-state index contributed by atoms with van der Waals surface area (Å²) in [6.45, 7) is 1.97. The largest absolute Gasteiger partial charge is 0.378 e. The van der Waals surface area contributed by atoms with Crippen molar-refractivity contribution < 1.29 is 9.18 Å². The number of hydrogen-bond acceptors (Lipinski definition) is 2. The van der Waals surface area contributed by atoms with Crippen molar-refractivity contribution in [1.82, 2.24) is 0 Å². The van der Waals surface area contributed by atoms with Crippen LogP contribution < -0.4 is 16.4 Å². The van der Waals surface area contributed by atoms with E-state index in [0.717, 1.165) is 11.3 Å². The third kappa shape index (κ3) is 4.10. The standard InChI is InChI=1S/C15H15ClFN3O/c1-9(19-12-6-7-14(17)13(16)8-12)10-2-4-11(5-3-10)20-15(18)21/h2-9,19H,1H3,(H3,18,20,21). The molecule has 1 atom stereocenters. The van der Waals surface area contributed by atoms with E-state index in [9.17, 15) is 9.18 Å². The molecule has 0 saturated carbocycles. The Hall–Kier alpha value is -2.27. The highest BCUT2D eigenvalue weighted by Crippen LogP contribution is 2.24. The minimum absolute atomic E-state index is 0.00541. The molecule has 0 saturated heterocycles. The highest BCUT2D eigenvalue weighted by molar-refractivity contribution is 6.31. The van der Waals surface area contributed by atoms with Crippen molar-refractivity contribution in [3.05, 3.63) is 58.9 Å².